The van der Waals surface area contributed by atoms with Crippen LogP contribution >= 0.6 is 0 Å². The van der Waals surface area contributed by atoms with Gasteiger partial charge in [-0.25, -0.2) is 0 Å². The molecule has 8 heteroatoms. The van der Waals surface area contributed by atoms with Crippen molar-refractivity contribution < 1.29 is 18.3 Å². The van der Waals surface area contributed by atoms with Gasteiger partial charge < -0.3 is 5.11 Å². The van der Waals surface area contributed by atoms with Crippen LogP contribution in [0.5, 0.6) is 0 Å². The minimum atomic E-state index is -3.68. The van der Waals surface area contributed by atoms with Gasteiger partial charge in [-0.15, -0.1) is 0 Å². The monoisotopic (exact) mass is 287 g/mol. The molecule has 0 aromatic carbocycles. The predicted molar refractivity (Wildman–Crippen MR) is 71.0 cm³/mol. The summed E-state index contributed by atoms with van der Waals surface area (Å²) in [6, 6.07) is 2.93. The predicted octanol–water partition coefficient (Wildman–Crippen LogP) is 0.753. The first kappa shape index (κ1) is 15.4. The third kappa shape index (κ3) is 6.16. The van der Waals surface area contributed by atoms with Gasteiger partial charge in [0.05, 0.1) is 24.0 Å². The van der Waals surface area contributed by atoms with Crippen LogP contribution in [-0.4, -0.2) is 30.0 Å². The minimum absolute atomic E-state index is 0.201. The van der Waals surface area contributed by atoms with E-state index in [2.05, 4.69) is 14.4 Å². The van der Waals surface area contributed by atoms with E-state index in [0.29, 0.717) is 5.69 Å². The van der Waals surface area contributed by atoms with Gasteiger partial charge in [0.15, 0.2) is 0 Å². The number of carboxylic acid groups (broad SMARTS) is 1. The van der Waals surface area contributed by atoms with E-state index in [9.17, 15) is 13.2 Å². The number of carbonyl (C=O) groups is 1. The van der Waals surface area contributed by atoms with Crippen molar-refractivity contribution in [3.05, 3.63) is 24.0 Å². The van der Waals surface area contributed by atoms with Crippen molar-refractivity contribution in [2.45, 2.75) is 32.7 Å². The first-order valence-electron chi connectivity index (χ1n) is 5.56. The third-order valence-corrected chi connectivity index (χ3v) is 3.24. The molecule has 1 aromatic heterocycles. The van der Waals surface area contributed by atoms with Gasteiger partial charge in [0, 0.05) is 5.54 Å². The molecule has 0 bridgehead atoms. The fourth-order valence-electron chi connectivity index (χ4n) is 1.33. The zero-order chi connectivity index (χ0) is 14.7. The Morgan fingerprint density at radius 2 is 2.00 bits per heavy atom. The molecule has 0 aliphatic rings. The molecule has 1 heterocycles. The van der Waals surface area contributed by atoms with E-state index < -0.39 is 21.7 Å². The molecule has 7 nitrogen and oxygen atoms in total. The second kappa shape index (κ2) is 5.54. The van der Waals surface area contributed by atoms with Gasteiger partial charge >= 0.3 is 5.97 Å². The molecule has 0 fully saturated rings. The number of hydrogen-bond donors (Lipinski definition) is 3. The van der Waals surface area contributed by atoms with Crippen molar-refractivity contribution in [1.29, 1.82) is 0 Å². The summed E-state index contributed by atoms with van der Waals surface area (Å²) in [7, 11) is -3.68. The Bertz CT molecular complexity index is 546. The fourth-order valence-corrected chi connectivity index (χ4v) is 2.62. The Labute approximate surface area is 112 Å². The van der Waals surface area contributed by atoms with Crippen LogP contribution < -0.4 is 9.44 Å². The van der Waals surface area contributed by atoms with E-state index in [1.165, 1.54) is 18.3 Å². The molecule has 0 radical (unpaired) electrons. The maximum Gasteiger partial charge on any atom is 0.309 e. The van der Waals surface area contributed by atoms with Crippen LogP contribution in [0.15, 0.2) is 18.3 Å². The van der Waals surface area contributed by atoms with E-state index in [-0.39, 0.29) is 12.1 Å². The van der Waals surface area contributed by atoms with Gasteiger partial charge in [0.25, 0.3) is 10.2 Å². The summed E-state index contributed by atoms with van der Waals surface area (Å²) >= 11 is 0. The Morgan fingerprint density at radius 1 is 1.37 bits per heavy atom. The van der Waals surface area contributed by atoms with Crippen LogP contribution in [-0.2, 0) is 21.4 Å². The number of aliphatic carboxylic acids is 1. The van der Waals surface area contributed by atoms with Crippen molar-refractivity contribution in [1.82, 2.24) is 9.71 Å². The molecular weight excluding hydrogens is 270 g/mol. The highest BCUT2D eigenvalue weighted by Crippen LogP contribution is 2.10. The topological polar surface area (TPSA) is 108 Å². The van der Waals surface area contributed by atoms with Gasteiger partial charge in [-0.3, -0.25) is 14.5 Å². The molecule has 3 N–H and O–H groups in total. The summed E-state index contributed by atoms with van der Waals surface area (Å²) < 4.78 is 28.2. The van der Waals surface area contributed by atoms with Crippen molar-refractivity contribution in [2.24, 2.45) is 0 Å². The van der Waals surface area contributed by atoms with E-state index >= 15 is 0 Å². The first-order valence-corrected chi connectivity index (χ1v) is 7.04. The van der Waals surface area contributed by atoms with Crippen LogP contribution in [0.3, 0.4) is 0 Å². The fraction of sp³-hybridized carbons (Fsp3) is 0.455. The maximum atomic E-state index is 11.7. The lowest BCUT2D eigenvalue weighted by atomic mass is 10.1. The van der Waals surface area contributed by atoms with E-state index in [1.807, 2.05) is 0 Å². The van der Waals surface area contributed by atoms with E-state index in [4.69, 9.17) is 5.11 Å². The molecular formula is C11H17N3O4S. The van der Waals surface area contributed by atoms with Crippen molar-refractivity contribution >= 4 is 21.9 Å². The number of anilines is 1. The Hall–Kier alpha value is -1.67. The molecule has 106 valence electrons. The number of nitrogens with zero attached hydrogens (tertiary/aromatic N) is 1. The number of nitrogens with one attached hydrogen (secondary N) is 2. The number of pyridine rings is 1. The molecule has 0 saturated heterocycles. The highest BCUT2D eigenvalue weighted by molar-refractivity contribution is 7.90. The standard InChI is InChI=1S/C11H17N3O4S/c1-11(2,3)14-19(17,18)13-9-5-4-8(12-7-9)6-10(15)16/h4-5,7,13-14H,6H2,1-3H3,(H,15,16). The number of rotatable bonds is 5. The smallest absolute Gasteiger partial charge is 0.309 e. The highest BCUT2D eigenvalue weighted by atomic mass is 32.2. The molecule has 0 unspecified atom stereocenters. The van der Waals surface area contributed by atoms with Crippen molar-refractivity contribution in [2.75, 3.05) is 4.72 Å². The van der Waals surface area contributed by atoms with Gasteiger partial charge in [0.1, 0.15) is 0 Å². The van der Waals surface area contributed by atoms with Gasteiger partial charge in [0.2, 0.25) is 0 Å². The molecule has 0 aliphatic heterocycles. The van der Waals surface area contributed by atoms with Crippen molar-refractivity contribution in [3.8, 4) is 0 Å². The molecule has 19 heavy (non-hydrogen) atoms. The van der Waals surface area contributed by atoms with Crippen LogP contribution in [0.1, 0.15) is 26.5 Å². The van der Waals surface area contributed by atoms with Crippen LogP contribution in [0, 0.1) is 0 Å². The summed E-state index contributed by atoms with van der Waals surface area (Å²) in [6.07, 6.45) is 1.08. The van der Waals surface area contributed by atoms with E-state index in [0.717, 1.165) is 0 Å². The highest BCUT2D eigenvalue weighted by Gasteiger charge is 2.19. The van der Waals surface area contributed by atoms with Gasteiger partial charge in [-0.1, -0.05) is 0 Å². The summed E-state index contributed by atoms with van der Waals surface area (Å²) in [5, 5.41) is 8.59. The number of hydrogen-bond acceptors (Lipinski definition) is 4. The molecule has 0 amide bonds. The Balaban J connectivity index is 2.75. The average Bonchev–Trinajstić information content (AvgIpc) is 2.15. The molecule has 1 rings (SSSR count). The lowest BCUT2D eigenvalue weighted by Gasteiger charge is -2.20. The van der Waals surface area contributed by atoms with Crippen LogP contribution in [0.25, 0.3) is 0 Å². The lowest BCUT2D eigenvalue weighted by molar-refractivity contribution is -0.136. The molecule has 0 aliphatic carbocycles. The third-order valence-electron chi connectivity index (χ3n) is 1.85. The zero-order valence-electron chi connectivity index (χ0n) is 11.0. The molecule has 0 saturated carbocycles. The summed E-state index contributed by atoms with van der Waals surface area (Å²) in [6.45, 7) is 5.17. The largest absolute Gasteiger partial charge is 0.481 e. The SMILES string of the molecule is CC(C)(C)NS(=O)(=O)Nc1ccc(CC(=O)O)nc1. The number of aromatic nitrogens is 1. The number of carboxylic acids is 1. The normalized spacial score (nSPS) is 12.2. The molecule has 1 aromatic rings. The second-order valence-electron chi connectivity index (χ2n) is 5.07. The van der Waals surface area contributed by atoms with Crippen molar-refractivity contribution in [3.63, 3.8) is 0 Å². The quantitative estimate of drug-likeness (QED) is 0.740. The zero-order valence-corrected chi connectivity index (χ0v) is 11.8. The maximum absolute atomic E-state index is 11.7. The molecule has 0 spiro atoms. The lowest BCUT2D eigenvalue weighted by Crippen LogP contribution is -2.43. The Morgan fingerprint density at radius 3 is 2.42 bits per heavy atom. The first-order chi connectivity index (χ1) is 8.57. The minimum Gasteiger partial charge on any atom is -0.481 e. The molecule has 0 atom stereocenters. The summed E-state index contributed by atoms with van der Waals surface area (Å²) in [5.41, 5.74) is 0.0350. The summed E-state index contributed by atoms with van der Waals surface area (Å²) in [5.74, 6) is -0.991. The Kier molecular flexibility index (Phi) is 4.48. The average molecular weight is 287 g/mol. The van der Waals surface area contributed by atoms with Gasteiger partial charge in [-0.05, 0) is 32.9 Å². The summed E-state index contributed by atoms with van der Waals surface area (Å²) in [4.78, 5) is 14.3. The van der Waals surface area contributed by atoms with Crippen LogP contribution in [0.4, 0.5) is 5.69 Å². The van der Waals surface area contributed by atoms with Gasteiger partial charge in [-0.2, -0.15) is 13.1 Å². The van der Waals surface area contributed by atoms with E-state index in [1.54, 1.807) is 20.8 Å². The van der Waals surface area contributed by atoms with Crippen LogP contribution in [0.2, 0.25) is 0 Å². The second-order valence-corrected chi connectivity index (χ2v) is 6.48.